The van der Waals surface area contributed by atoms with Crippen molar-refractivity contribution in [2.24, 2.45) is 0 Å². The Morgan fingerprint density at radius 2 is 1.54 bits per heavy atom. The Morgan fingerprint density at radius 3 is 2.21 bits per heavy atom. The molecule has 0 radical (unpaired) electrons. The summed E-state index contributed by atoms with van der Waals surface area (Å²) in [6.45, 7) is 0.386. The van der Waals surface area contributed by atoms with E-state index in [0.29, 0.717) is 50.5 Å². The Bertz CT molecular complexity index is 1310. The summed E-state index contributed by atoms with van der Waals surface area (Å²) in [5, 5.41) is 10.5. The summed E-state index contributed by atoms with van der Waals surface area (Å²) >= 11 is 12.1. The van der Waals surface area contributed by atoms with E-state index >= 15 is 0 Å². The lowest BCUT2D eigenvalue weighted by Crippen LogP contribution is -2.22. The molecule has 6 nitrogen and oxygen atoms in total. The van der Waals surface area contributed by atoms with Crippen LogP contribution in [0.5, 0.6) is 0 Å². The van der Waals surface area contributed by atoms with E-state index in [1.54, 1.807) is 48.8 Å². The summed E-state index contributed by atoms with van der Waals surface area (Å²) in [5.41, 5.74) is 0.962. The van der Waals surface area contributed by atoms with Crippen molar-refractivity contribution in [2.45, 2.75) is 13.0 Å². The molecular weight excluding hydrogens is 401 g/mol. The minimum atomic E-state index is -0.324. The van der Waals surface area contributed by atoms with Gasteiger partial charge in [-0.05, 0) is 42.8 Å². The zero-order chi connectivity index (χ0) is 19.8. The van der Waals surface area contributed by atoms with E-state index < -0.39 is 0 Å². The third kappa shape index (κ3) is 3.30. The number of hydrogen-bond acceptors (Lipinski definition) is 4. The number of nitrogens with zero attached hydrogens (tertiary/aromatic N) is 3. The van der Waals surface area contributed by atoms with E-state index in [1.807, 2.05) is 0 Å². The topological polar surface area (TPSA) is 77.1 Å². The maximum Gasteiger partial charge on any atom is 0.264 e. The molecule has 1 aromatic carbocycles. The molecule has 0 aliphatic heterocycles. The molecule has 3 heterocycles. The van der Waals surface area contributed by atoms with Crippen LogP contribution >= 0.6 is 23.2 Å². The van der Waals surface area contributed by atoms with Crippen LogP contribution in [0.2, 0.25) is 10.0 Å². The molecule has 0 saturated heterocycles. The van der Waals surface area contributed by atoms with Gasteiger partial charge in [-0.3, -0.25) is 14.2 Å². The average molecular weight is 416 g/mol. The molecule has 0 unspecified atom stereocenters. The third-order valence-corrected chi connectivity index (χ3v) is 4.93. The quantitative estimate of drug-likeness (QED) is 0.518. The van der Waals surface area contributed by atoms with E-state index in [-0.39, 0.29) is 17.7 Å². The molecule has 1 N–H and O–H groups in total. The number of rotatable bonds is 4. The molecule has 0 atom stereocenters. The number of benzene rings is 1. The van der Waals surface area contributed by atoms with Crippen LogP contribution in [-0.2, 0) is 6.54 Å². The highest BCUT2D eigenvalue weighted by Gasteiger charge is 2.11. The normalized spacial score (nSPS) is 11.4. The van der Waals surface area contributed by atoms with Gasteiger partial charge in [-0.1, -0.05) is 23.2 Å². The SMILES string of the molecule is O=c1c2cc3c(=O)n(-c4cc(Cl)cc(Cl)c4)ccc3nc2ccn1CCCO. The van der Waals surface area contributed by atoms with Crippen molar-refractivity contribution in [3.8, 4) is 5.69 Å². The molecule has 0 aliphatic carbocycles. The van der Waals surface area contributed by atoms with Gasteiger partial charge in [0.05, 0.1) is 27.5 Å². The fourth-order valence-corrected chi connectivity index (χ4v) is 3.68. The van der Waals surface area contributed by atoms with E-state index in [2.05, 4.69) is 4.98 Å². The van der Waals surface area contributed by atoms with Crippen LogP contribution in [0.25, 0.3) is 27.5 Å². The van der Waals surface area contributed by atoms with Crippen LogP contribution in [-0.4, -0.2) is 25.8 Å². The number of aromatic nitrogens is 3. The second kappa shape index (κ2) is 7.39. The number of fused-ring (bicyclic) bond motifs is 2. The maximum atomic E-state index is 13.1. The van der Waals surface area contributed by atoms with Gasteiger partial charge in [0.1, 0.15) is 0 Å². The first-order valence-electron chi connectivity index (χ1n) is 8.61. The summed E-state index contributed by atoms with van der Waals surface area (Å²) in [6, 6.07) is 9.87. The van der Waals surface area contributed by atoms with Crippen molar-refractivity contribution in [3.05, 3.63) is 79.5 Å². The molecule has 0 amide bonds. The Kier molecular flexibility index (Phi) is 4.93. The fraction of sp³-hybridized carbons (Fsp3) is 0.150. The van der Waals surface area contributed by atoms with Crippen molar-refractivity contribution >= 4 is 45.0 Å². The predicted molar refractivity (Wildman–Crippen MR) is 111 cm³/mol. The van der Waals surface area contributed by atoms with Crippen LogP contribution in [0.3, 0.4) is 0 Å². The smallest absolute Gasteiger partial charge is 0.264 e. The van der Waals surface area contributed by atoms with E-state index in [4.69, 9.17) is 28.3 Å². The van der Waals surface area contributed by atoms with Crippen LogP contribution in [0.15, 0.2) is 58.4 Å². The van der Waals surface area contributed by atoms with Crippen molar-refractivity contribution < 1.29 is 5.11 Å². The zero-order valence-corrected chi connectivity index (χ0v) is 16.1. The molecule has 4 rings (SSSR count). The Labute approximate surface area is 169 Å². The highest BCUT2D eigenvalue weighted by atomic mass is 35.5. The van der Waals surface area contributed by atoms with Crippen molar-refractivity contribution in [2.75, 3.05) is 6.61 Å². The number of pyridine rings is 3. The van der Waals surface area contributed by atoms with Gasteiger partial charge in [0.15, 0.2) is 0 Å². The molecule has 4 aromatic rings. The number of aliphatic hydroxyl groups is 1. The number of hydrogen-bond donors (Lipinski definition) is 1. The summed E-state index contributed by atoms with van der Waals surface area (Å²) < 4.78 is 2.92. The van der Waals surface area contributed by atoms with Crippen LogP contribution in [0, 0.1) is 0 Å². The van der Waals surface area contributed by atoms with Gasteiger partial charge in [-0.15, -0.1) is 0 Å². The molecule has 142 valence electrons. The van der Waals surface area contributed by atoms with Crippen molar-refractivity contribution in [3.63, 3.8) is 0 Å². The maximum absolute atomic E-state index is 13.1. The molecule has 0 spiro atoms. The molecular formula is C20H15Cl2N3O3. The molecule has 28 heavy (non-hydrogen) atoms. The highest BCUT2D eigenvalue weighted by molar-refractivity contribution is 6.34. The summed E-state index contributed by atoms with van der Waals surface area (Å²) in [4.78, 5) is 30.3. The fourth-order valence-electron chi connectivity index (χ4n) is 3.16. The van der Waals surface area contributed by atoms with Crippen molar-refractivity contribution in [1.29, 1.82) is 0 Å². The molecule has 0 bridgehead atoms. The Hall–Kier alpha value is -2.67. The average Bonchev–Trinajstić information content (AvgIpc) is 2.66. The van der Waals surface area contributed by atoms with Crippen LogP contribution in [0.4, 0.5) is 0 Å². The first-order chi connectivity index (χ1) is 13.5. The highest BCUT2D eigenvalue weighted by Crippen LogP contribution is 2.22. The van der Waals surface area contributed by atoms with Gasteiger partial charge in [0, 0.05) is 35.6 Å². The monoisotopic (exact) mass is 415 g/mol. The molecule has 0 saturated carbocycles. The van der Waals surface area contributed by atoms with Crippen molar-refractivity contribution in [1.82, 2.24) is 14.1 Å². The second-order valence-corrected chi connectivity index (χ2v) is 7.24. The number of aryl methyl sites for hydroxylation is 1. The van der Waals surface area contributed by atoms with Crippen LogP contribution < -0.4 is 11.1 Å². The minimum Gasteiger partial charge on any atom is -0.396 e. The lowest BCUT2D eigenvalue weighted by Gasteiger charge is -2.10. The standard InChI is InChI=1S/C20H15Cl2N3O3/c21-12-8-13(22)10-14(9-12)25-6-3-18-16(20(25)28)11-15-17(23-18)2-5-24(19(15)27)4-1-7-26/h2-3,5-6,8-11,26H,1,4,7H2. The zero-order valence-electron chi connectivity index (χ0n) is 14.6. The first-order valence-corrected chi connectivity index (χ1v) is 9.36. The number of halogens is 2. The van der Waals surface area contributed by atoms with Gasteiger partial charge in [0.25, 0.3) is 11.1 Å². The van der Waals surface area contributed by atoms with Gasteiger partial charge >= 0.3 is 0 Å². The molecule has 0 aliphatic rings. The first kappa shape index (κ1) is 18.7. The van der Waals surface area contributed by atoms with E-state index in [0.717, 1.165) is 0 Å². The lowest BCUT2D eigenvalue weighted by atomic mass is 10.2. The van der Waals surface area contributed by atoms with Gasteiger partial charge in [-0.25, -0.2) is 4.98 Å². The van der Waals surface area contributed by atoms with Crippen LogP contribution in [0.1, 0.15) is 6.42 Å². The number of aliphatic hydroxyl groups excluding tert-OH is 1. The van der Waals surface area contributed by atoms with Gasteiger partial charge in [0.2, 0.25) is 0 Å². The summed E-state index contributed by atoms with van der Waals surface area (Å²) in [5.74, 6) is 0. The second-order valence-electron chi connectivity index (χ2n) is 6.36. The summed E-state index contributed by atoms with van der Waals surface area (Å²) in [6.07, 6.45) is 3.72. The predicted octanol–water partition coefficient (Wildman–Crippen LogP) is 3.39. The minimum absolute atomic E-state index is 0.00660. The summed E-state index contributed by atoms with van der Waals surface area (Å²) in [7, 11) is 0. The van der Waals surface area contributed by atoms with Gasteiger partial charge < -0.3 is 9.67 Å². The van der Waals surface area contributed by atoms with E-state index in [9.17, 15) is 9.59 Å². The molecule has 8 heteroatoms. The molecule has 3 aromatic heterocycles. The third-order valence-electron chi connectivity index (χ3n) is 4.50. The lowest BCUT2D eigenvalue weighted by molar-refractivity contribution is 0.279. The Morgan fingerprint density at radius 1 is 0.893 bits per heavy atom. The van der Waals surface area contributed by atoms with E-state index in [1.165, 1.54) is 9.13 Å². The Balaban J connectivity index is 1.96. The largest absolute Gasteiger partial charge is 0.396 e. The van der Waals surface area contributed by atoms with Gasteiger partial charge in [-0.2, -0.15) is 0 Å². The molecule has 0 fully saturated rings.